The van der Waals surface area contributed by atoms with Crippen LogP contribution in [0.5, 0.6) is 11.5 Å². The number of benzene rings is 3. The lowest BCUT2D eigenvalue weighted by Crippen LogP contribution is -2.13. The average molecular weight is 479 g/mol. The van der Waals surface area contributed by atoms with Gasteiger partial charge < -0.3 is 10.1 Å². The molecule has 0 saturated carbocycles. The number of hydrogen-bond acceptors (Lipinski definition) is 6. The van der Waals surface area contributed by atoms with E-state index < -0.39 is 10.8 Å². The fraction of sp³-hybridized carbons (Fsp3) is 0. The van der Waals surface area contributed by atoms with Crippen LogP contribution in [-0.4, -0.2) is 10.8 Å². The van der Waals surface area contributed by atoms with Crippen molar-refractivity contribution in [2.45, 2.75) is 0 Å². The Labute approximate surface area is 198 Å². The van der Waals surface area contributed by atoms with E-state index in [4.69, 9.17) is 27.9 Å². The molecule has 162 valence electrons. The zero-order valence-corrected chi connectivity index (χ0v) is 18.1. The van der Waals surface area contributed by atoms with Gasteiger partial charge in [-0.15, -0.1) is 0 Å². The number of nitrogens with one attached hydrogen (secondary N) is 1. The van der Waals surface area contributed by atoms with Crippen LogP contribution in [0.2, 0.25) is 10.0 Å². The van der Waals surface area contributed by atoms with Crippen LogP contribution in [0.1, 0.15) is 11.1 Å². The topological polar surface area (TPSA) is 129 Å². The number of halogens is 2. The monoisotopic (exact) mass is 478 g/mol. The molecule has 0 aliphatic rings. The Kier molecular flexibility index (Phi) is 7.27. The van der Waals surface area contributed by atoms with E-state index in [9.17, 15) is 25.4 Å². The molecule has 0 heterocycles. The van der Waals surface area contributed by atoms with E-state index in [1.807, 2.05) is 12.1 Å². The second-order valence-corrected chi connectivity index (χ2v) is 7.23. The minimum Gasteiger partial charge on any atom is -0.456 e. The maximum atomic E-state index is 12.5. The molecule has 33 heavy (non-hydrogen) atoms. The molecule has 0 radical (unpaired) electrons. The minimum atomic E-state index is -0.661. The zero-order chi connectivity index (χ0) is 24.0. The first-order valence-electron chi connectivity index (χ1n) is 9.16. The predicted octanol–water partition coefficient (Wildman–Crippen LogP) is 6.11. The molecule has 1 amide bonds. The number of ether oxygens (including phenoxy) is 1. The van der Waals surface area contributed by atoms with Gasteiger partial charge in [-0.3, -0.25) is 14.9 Å². The number of nitriles is 2. The summed E-state index contributed by atoms with van der Waals surface area (Å²) in [5.41, 5.74) is 0.435. The third-order valence-electron chi connectivity index (χ3n) is 4.28. The highest BCUT2D eigenvalue weighted by Crippen LogP contribution is 2.30. The second kappa shape index (κ2) is 10.3. The first kappa shape index (κ1) is 23.3. The van der Waals surface area contributed by atoms with Gasteiger partial charge in [0.1, 0.15) is 34.8 Å². The number of anilines is 1. The summed E-state index contributed by atoms with van der Waals surface area (Å²) < 4.78 is 5.64. The fourth-order valence-corrected chi connectivity index (χ4v) is 3.02. The molecule has 0 aliphatic carbocycles. The van der Waals surface area contributed by atoms with Crippen molar-refractivity contribution >= 4 is 46.6 Å². The van der Waals surface area contributed by atoms with Crippen LogP contribution in [0.15, 0.2) is 66.2 Å². The van der Waals surface area contributed by atoms with Crippen LogP contribution in [0.4, 0.5) is 11.4 Å². The highest BCUT2D eigenvalue weighted by atomic mass is 35.5. The summed E-state index contributed by atoms with van der Waals surface area (Å²) in [5.74, 6) is -0.153. The molecule has 0 atom stereocenters. The first-order valence-corrected chi connectivity index (χ1v) is 9.91. The standard InChI is InChI=1S/C23H12Cl2N4O4/c24-19-2-1-3-20(22(19)25)28-23(30)16(13-27)10-14-4-7-18(8-5-14)33-21-9-6-17(29(31)32)11-15(21)12-26/h1-11H,(H,28,30)/b16-10+. The summed E-state index contributed by atoms with van der Waals surface area (Å²) in [6.45, 7) is 0. The van der Waals surface area contributed by atoms with Crippen LogP contribution in [0.25, 0.3) is 6.08 Å². The smallest absolute Gasteiger partial charge is 0.271 e. The van der Waals surface area contributed by atoms with Gasteiger partial charge in [-0.05, 0) is 42.0 Å². The summed E-state index contributed by atoms with van der Waals surface area (Å²) in [5, 5.41) is 32.4. The highest BCUT2D eigenvalue weighted by Gasteiger charge is 2.14. The molecule has 3 aromatic carbocycles. The Morgan fingerprint density at radius 2 is 1.82 bits per heavy atom. The van der Waals surface area contributed by atoms with Crippen molar-refractivity contribution in [3.8, 4) is 23.6 Å². The van der Waals surface area contributed by atoms with Crippen LogP contribution >= 0.6 is 23.2 Å². The maximum absolute atomic E-state index is 12.5. The zero-order valence-electron chi connectivity index (χ0n) is 16.6. The van der Waals surface area contributed by atoms with Crippen LogP contribution in [0, 0.1) is 32.8 Å². The quantitative estimate of drug-likeness (QED) is 0.197. The van der Waals surface area contributed by atoms with E-state index in [0.717, 1.165) is 6.07 Å². The molecule has 1 N–H and O–H groups in total. The largest absolute Gasteiger partial charge is 0.456 e. The molecule has 10 heteroatoms. The summed E-state index contributed by atoms with van der Waals surface area (Å²) in [7, 11) is 0. The molecule has 3 aromatic rings. The van der Waals surface area contributed by atoms with Crippen molar-refractivity contribution in [1.82, 2.24) is 0 Å². The molecule has 8 nitrogen and oxygen atoms in total. The molecule has 0 bridgehead atoms. The predicted molar refractivity (Wildman–Crippen MR) is 123 cm³/mol. The second-order valence-electron chi connectivity index (χ2n) is 6.45. The van der Waals surface area contributed by atoms with E-state index in [0.29, 0.717) is 11.3 Å². The van der Waals surface area contributed by atoms with Gasteiger partial charge in [0.2, 0.25) is 0 Å². The van der Waals surface area contributed by atoms with Gasteiger partial charge in [0.15, 0.2) is 0 Å². The van der Waals surface area contributed by atoms with E-state index >= 15 is 0 Å². The molecule has 0 spiro atoms. The Morgan fingerprint density at radius 1 is 1.09 bits per heavy atom. The number of carbonyl (C=O) groups excluding carboxylic acids is 1. The molecule has 0 aliphatic heterocycles. The molecule has 3 rings (SSSR count). The van der Waals surface area contributed by atoms with E-state index in [2.05, 4.69) is 5.32 Å². The first-order chi connectivity index (χ1) is 15.8. The van der Waals surface area contributed by atoms with Crippen molar-refractivity contribution in [2.24, 2.45) is 0 Å². The van der Waals surface area contributed by atoms with Crippen molar-refractivity contribution < 1.29 is 14.5 Å². The van der Waals surface area contributed by atoms with E-state index in [-0.39, 0.29) is 38.3 Å². The molecular formula is C23H12Cl2N4O4. The molecule has 0 aromatic heterocycles. The Morgan fingerprint density at radius 3 is 2.45 bits per heavy atom. The van der Waals surface area contributed by atoms with Gasteiger partial charge in [0, 0.05) is 12.1 Å². The Hall–Kier alpha value is -4.37. The lowest BCUT2D eigenvalue weighted by Gasteiger charge is -2.08. The van der Waals surface area contributed by atoms with Gasteiger partial charge in [-0.1, -0.05) is 41.4 Å². The number of nitrogens with zero attached hydrogens (tertiary/aromatic N) is 3. The molecule has 0 fully saturated rings. The summed E-state index contributed by atoms with van der Waals surface area (Å²) >= 11 is 12.0. The lowest BCUT2D eigenvalue weighted by molar-refractivity contribution is -0.384. The van der Waals surface area contributed by atoms with Crippen LogP contribution < -0.4 is 10.1 Å². The molecular weight excluding hydrogens is 467 g/mol. The third kappa shape index (κ3) is 5.66. The van der Waals surface area contributed by atoms with Gasteiger partial charge in [0.05, 0.1) is 20.7 Å². The number of nitro benzene ring substituents is 1. The number of rotatable bonds is 6. The van der Waals surface area contributed by atoms with Crippen molar-refractivity contribution in [2.75, 3.05) is 5.32 Å². The molecule has 0 saturated heterocycles. The summed E-state index contributed by atoms with van der Waals surface area (Å²) in [6, 6.07) is 18.5. The normalized spacial score (nSPS) is 10.6. The van der Waals surface area contributed by atoms with Crippen LogP contribution in [-0.2, 0) is 4.79 Å². The number of hydrogen-bond donors (Lipinski definition) is 1. The van der Waals surface area contributed by atoms with E-state index in [1.165, 1.54) is 18.2 Å². The molecule has 0 unspecified atom stereocenters. The third-order valence-corrected chi connectivity index (χ3v) is 5.10. The maximum Gasteiger partial charge on any atom is 0.271 e. The Balaban J connectivity index is 1.77. The van der Waals surface area contributed by atoms with Crippen LogP contribution in [0.3, 0.4) is 0 Å². The van der Waals surface area contributed by atoms with Gasteiger partial charge >= 0.3 is 0 Å². The van der Waals surface area contributed by atoms with E-state index in [1.54, 1.807) is 42.5 Å². The summed E-state index contributed by atoms with van der Waals surface area (Å²) in [6.07, 6.45) is 1.38. The number of amides is 1. The number of carbonyl (C=O) groups is 1. The highest BCUT2D eigenvalue weighted by molar-refractivity contribution is 6.44. The average Bonchev–Trinajstić information content (AvgIpc) is 2.81. The van der Waals surface area contributed by atoms with Gasteiger partial charge in [-0.25, -0.2) is 0 Å². The summed E-state index contributed by atoms with van der Waals surface area (Å²) in [4.78, 5) is 22.7. The van der Waals surface area contributed by atoms with Crippen molar-refractivity contribution in [1.29, 1.82) is 10.5 Å². The van der Waals surface area contributed by atoms with Gasteiger partial charge in [-0.2, -0.15) is 10.5 Å². The number of nitro groups is 1. The van der Waals surface area contributed by atoms with Crippen molar-refractivity contribution in [3.63, 3.8) is 0 Å². The fourth-order valence-electron chi connectivity index (χ4n) is 2.67. The SMILES string of the molecule is N#C/C(=C\c1ccc(Oc2ccc([N+](=O)[O-])cc2C#N)cc1)C(=O)Nc1cccc(Cl)c1Cl. The number of non-ortho nitro benzene ring substituents is 1. The van der Waals surface area contributed by atoms with Gasteiger partial charge in [0.25, 0.3) is 11.6 Å². The Bertz CT molecular complexity index is 1360. The minimum absolute atomic E-state index is 0.0105. The van der Waals surface area contributed by atoms with Crippen molar-refractivity contribution in [3.05, 3.63) is 97.5 Å². The lowest BCUT2D eigenvalue weighted by atomic mass is 10.1.